The summed E-state index contributed by atoms with van der Waals surface area (Å²) in [5.74, 6) is -1.12. The maximum absolute atomic E-state index is 13.8. The first-order chi connectivity index (χ1) is 8.99. The molecule has 2 rings (SSSR count). The van der Waals surface area contributed by atoms with Gasteiger partial charge < -0.3 is 5.32 Å². The number of anilines is 1. The number of hydrogen-bond acceptors (Lipinski definition) is 1. The summed E-state index contributed by atoms with van der Waals surface area (Å²) >= 11 is 6.43. The summed E-state index contributed by atoms with van der Waals surface area (Å²) in [6.07, 6.45) is 0. The zero-order chi connectivity index (χ0) is 14.0. The number of nitrogens with one attached hydrogen (secondary N) is 1. The van der Waals surface area contributed by atoms with Gasteiger partial charge >= 0.3 is 0 Å². The highest BCUT2D eigenvalue weighted by Gasteiger charge is 2.12. The molecule has 100 valence electrons. The van der Waals surface area contributed by atoms with Crippen molar-refractivity contribution in [2.45, 2.75) is 13.5 Å². The molecule has 1 N–H and O–H groups in total. The van der Waals surface area contributed by atoms with Gasteiger partial charge in [0.2, 0.25) is 0 Å². The molecule has 0 unspecified atom stereocenters. The van der Waals surface area contributed by atoms with Crippen LogP contribution in [-0.2, 0) is 6.54 Å². The molecule has 0 aromatic heterocycles. The Hall–Kier alpha value is -0.940. The minimum atomic E-state index is -0.567. The highest BCUT2D eigenvalue weighted by Crippen LogP contribution is 2.24. The highest BCUT2D eigenvalue weighted by molar-refractivity contribution is 9.10. The van der Waals surface area contributed by atoms with Gasteiger partial charge in [0.25, 0.3) is 0 Å². The van der Waals surface area contributed by atoms with Gasteiger partial charge in [-0.3, -0.25) is 0 Å². The summed E-state index contributed by atoms with van der Waals surface area (Å²) in [5, 5.41) is 3.04. The molecule has 0 amide bonds. The third-order valence-corrected chi connectivity index (χ3v) is 3.89. The van der Waals surface area contributed by atoms with Crippen molar-refractivity contribution in [3.63, 3.8) is 0 Å². The SMILES string of the molecule is Cc1cc(Br)ccc1NCc1c(F)ccc(Br)c1F. The lowest BCUT2D eigenvalue weighted by atomic mass is 10.1. The number of benzene rings is 2. The first kappa shape index (κ1) is 14.5. The molecule has 0 fully saturated rings. The van der Waals surface area contributed by atoms with Crippen molar-refractivity contribution >= 4 is 37.5 Å². The van der Waals surface area contributed by atoms with Crippen LogP contribution in [0.1, 0.15) is 11.1 Å². The van der Waals surface area contributed by atoms with Crippen LogP contribution in [0.5, 0.6) is 0 Å². The summed E-state index contributed by atoms with van der Waals surface area (Å²) < 4.78 is 28.6. The van der Waals surface area contributed by atoms with Crippen LogP contribution in [0.3, 0.4) is 0 Å². The van der Waals surface area contributed by atoms with E-state index >= 15 is 0 Å². The molecule has 0 aliphatic heterocycles. The van der Waals surface area contributed by atoms with Crippen molar-refractivity contribution in [3.05, 3.63) is 62.0 Å². The average Bonchev–Trinajstić information content (AvgIpc) is 2.36. The van der Waals surface area contributed by atoms with Gasteiger partial charge in [0.15, 0.2) is 0 Å². The quantitative estimate of drug-likeness (QED) is 0.691. The molecule has 0 saturated carbocycles. The Kier molecular flexibility index (Phi) is 4.58. The average molecular weight is 391 g/mol. The standard InChI is InChI=1S/C14H11Br2F2N/c1-8-6-9(15)2-5-13(8)19-7-10-12(17)4-3-11(16)14(10)18/h2-6,19H,7H2,1H3. The molecule has 0 bridgehead atoms. The van der Waals surface area contributed by atoms with Crippen LogP contribution in [0.25, 0.3) is 0 Å². The summed E-state index contributed by atoms with van der Waals surface area (Å²) in [7, 11) is 0. The van der Waals surface area contributed by atoms with E-state index < -0.39 is 11.6 Å². The van der Waals surface area contributed by atoms with E-state index in [1.807, 2.05) is 25.1 Å². The fourth-order valence-corrected chi connectivity index (χ4v) is 2.59. The molecule has 0 spiro atoms. The van der Waals surface area contributed by atoms with E-state index in [1.54, 1.807) is 0 Å². The molecule has 0 atom stereocenters. The van der Waals surface area contributed by atoms with Crippen molar-refractivity contribution in [3.8, 4) is 0 Å². The monoisotopic (exact) mass is 389 g/mol. The van der Waals surface area contributed by atoms with E-state index in [9.17, 15) is 8.78 Å². The van der Waals surface area contributed by atoms with Gasteiger partial charge in [-0.15, -0.1) is 0 Å². The van der Waals surface area contributed by atoms with Crippen molar-refractivity contribution in [2.75, 3.05) is 5.32 Å². The zero-order valence-corrected chi connectivity index (χ0v) is 13.3. The Morgan fingerprint density at radius 3 is 2.53 bits per heavy atom. The van der Waals surface area contributed by atoms with Crippen LogP contribution in [-0.4, -0.2) is 0 Å². The molecule has 0 saturated heterocycles. The predicted molar refractivity (Wildman–Crippen MR) is 80.3 cm³/mol. The number of halogens is 4. The van der Waals surface area contributed by atoms with Crippen molar-refractivity contribution in [1.82, 2.24) is 0 Å². The van der Waals surface area contributed by atoms with Crippen LogP contribution in [0, 0.1) is 18.6 Å². The van der Waals surface area contributed by atoms with Gasteiger partial charge in [0.05, 0.1) is 4.47 Å². The second-order valence-electron chi connectivity index (χ2n) is 4.13. The maximum atomic E-state index is 13.8. The molecule has 5 heteroatoms. The van der Waals surface area contributed by atoms with E-state index in [4.69, 9.17) is 0 Å². The van der Waals surface area contributed by atoms with Crippen LogP contribution in [0.2, 0.25) is 0 Å². The van der Waals surface area contributed by atoms with Gasteiger partial charge in [0.1, 0.15) is 11.6 Å². The molecule has 2 aromatic rings. The Morgan fingerprint density at radius 2 is 1.84 bits per heavy atom. The Labute approximate surface area is 127 Å². The first-order valence-corrected chi connectivity index (χ1v) is 7.20. The second-order valence-corrected chi connectivity index (χ2v) is 5.90. The second kappa shape index (κ2) is 6.01. The lowest BCUT2D eigenvalue weighted by molar-refractivity contribution is 0.555. The van der Waals surface area contributed by atoms with Crippen LogP contribution >= 0.6 is 31.9 Å². The van der Waals surface area contributed by atoms with Crippen molar-refractivity contribution in [1.29, 1.82) is 0 Å². The van der Waals surface area contributed by atoms with Crippen LogP contribution < -0.4 is 5.32 Å². The molecule has 1 nitrogen and oxygen atoms in total. The molecular formula is C14H11Br2F2N. The third kappa shape index (κ3) is 3.34. The largest absolute Gasteiger partial charge is 0.381 e. The van der Waals surface area contributed by atoms with Gasteiger partial charge in [-0.1, -0.05) is 15.9 Å². The number of aryl methyl sites for hydroxylation is 1. The fraction of sp³-hybridized carbons (Fsp3) is 0.143. The van der Waals surface area contributed by atoms with Crippen molar-refractivity contribution < 1.29 is 8.78 Å². The molecule has 0 heterocycles. The lowest BCUT2D eigenvalue weighted by Crippen LogP contribution is -2.06. The summed E-state index contributed by atoms with van der Waals surface area (Å²) in [6, 6.07) is 8.30. The van der Waals surface area contributed by atoms with Crippen LogP contribution in [0.4, 0.5) is 14.5 Å². The summed E-state index contributed by atoms with van der Waals surface area (Å²) in [6.45, 7) is 2.03. The number of rotatable bonds is 3. The minimum absolute atomic E-state index is 0.0247. The van der Waals surface area contributed by atoms with Gasteiger partial charge in [0, 0.05) is 22.3 Å². The normalized spacial score (nSPS) is 10.6. The van der Waals surface area contributed by atoms with E-state index in [0.29, 0.717) is 0 Å². The highest BCUT2D eigenvalue weighted by atomic mass is 79.9. The minimum Gasteiger partial charge on any atom is -0.381 e. The Morgan fingerprint density at radius 1 is 1.11 bits per heavy atom. The maximum Gasteiger partial charge on any atom is 0.145 e. The number of hydrogen-bond donors (Lipinski definition) is 1. The molecular weight excluding hydrogens is 380 g/mol. The van der Waals surface area contributed by atoms with Gasteiger partial charge in [-0.25, -0.2) is 8.78 Å². The molecule has 0 aliphatic carbocycles. The Bertz CT molecular complexity index is 615. The zero-order valence-electron chi connectivity index (χ0n) is 10.1. The third-order valence-electron chi connectivity index (χ3n) is 2.78. The molecule has 19 heavy (non-hydrogen) atoms. The molecule has 2 aromatic carbocycles. The lowest BCUT2D eigenvalue weighted by Gasteiger charge is -2.12. The van der Waals surface area contributed by atoms with E-state index in [-0.39, 0.29) is 16.6 Å². The Balaban J connectivity index is 2.21. The van der Waals surface area contributed by atoms with E-state index in [2.05, 4.69) is 37.2 Å². The topological polar surface area (TPSA) is 12.0 Å². The van der Waals surface area contributed by atoms with Crippen LogP contribution in [0.15, 0.2) is 39.3 Å². The molecule has 0 radical (unpaired) electrons. The van der Waals surface area contributed by atoms with Gasteiger partial charge in [-0.05, 0) is 58.7 Å². The molecule has 0 aliphatic rings. The smallest absolute Gasteiger partial charge is 0.145 e. The van der Waals surface area contributed by atoms with Gasteiger partial charge in [-0.2, -0.15) is 0 Å². The fourth-order valence-electron chi connectivity index (χ4n) is 1.74. The first-order valence-electron chi connectivity index (χ1n) is 5.61. The van der Waals surface area contributed by atoms with Crippen molar-refractivity contribution in [2.24, 2.45) is 0 Å². The summed E-state index contributed by atoms with van der Waals surface area (Å²) in [4.78, 5) is 0. The summed E-state index contributed by atoms with van der Waals surface area (Å²) in [5.41, 5.74) is 1.88. The van der Waals surface area contributed by atoms with E-state index in [0.717, 1.165) is 15.7 Å². The predicted octanol–water partition coefficient (Wildman–Crippen LogP) is 5.41. The van der Waals surface area contributed by atoms with E-state index in [1.165, 1.54) is 12.1 Å².